The highest BCUT2D eigenvalue weighted by atomic mass is 32.2. The second kappa shape index (κ2) is 13.5. The Balaban J connectivity index is 1.13. The monoisotopic (exact) mass is 662 g/mol. The lowest BCUT2D eigenvalue weighted by molar-refractivity contribution is -0.138. The lowest BCUT2D eigenvalue weighted by atomic mass is 10.00. The summed E-state index contributed by atoms with van der Waals surface area (Å²) in [7, 11) is -3.47. The number of amides is 3. The molecule has 1 aromatic heterocycles. The van der Waals surface area contributed by atoms with Crippen molar-refractivity contribution in [1.29, 1.82) is 0 Å². The van der Waals surface area contributed by atoms with E-state index in [0.717, 1.165) is 36.8 Å². The van der Waals surface area contributed by atoms with Crippen LogP contribution < -0.4 is 10.6 Å². The number of hydrogen-bond acceptors (Lipinski definition) is 7. The van der Waals surface area contributed by atoms with Gasteiger partial charge in [-0.1, -0.05) is 37.1 Å². The summed E-state index contributed by atoms with van der Waals surface area (Å²) >= 11 is 0. The molecule has 1 saturated heterocycles. The average molecular weight is 663 g/mol. The smallest absolute Gasteiger partial charge is 0.270 e. The minimum Gasteiger partial charge on any atom is -0.391 e. The SMILES string of the molecule is C[C@@H](NC(=O)[C@@H]1C[C@@H](O)CN1C(=O)CNC(=O)c1ccc2cc(F)ccc2n1)c1ccc(S(=O)(=O)C2CCCC2)cc1/C=C/C1CC1. The molecule has 1 aliphatic heterocycles. The largest absolute Gasteiger partial charge is 0.391 e. The number of hydrogen-bond donors (Lipinski definition) is 3. The molecule has 3 aromatic rings. The number of fused-ring (bicyclic) bond motifs is 1. The van der Waals surface area contributed by atoms with Crippen LogP contribution >= 0.6 is 0 Å². The van der Waals surface area contributed by atoms with Crippen LogP contribution in [0.15, 0.2) is 59.5 Å². The number of benzene rings is 2. The van der Waals surface area contributed by atoms with Crippen molar-refractivity contribution in [3.05, 3.63) is 77.2 Å². The predicted octanol–water partition coefficient (Wildman–Crippen LogP) is 4.08. The molecule has 0 bridgehead atoms. The molecule has 6 rings (SSSR count). The maximum absolute atomic E-state index is 13.5. The van der Waals surface area contributed by atoms with Crippen LogP contribution in [0.25, 0.3) is 17.0 Å². The number of pyridine rings is 1. The fourth-order valence-electron chi connectivity index (χ4n) is 6.48. The van der Waals surface area contributed by atoms with E-state index in [9.17, 15) is 32.3 Å². The number of allylic oxidation sites excluding steroid dienone is 1. The van der Waals surface area contributed by atoms with Gasteiger partial charge >= 0.3 is 0 Å². The van der Waals surface area contributed by atoms with E-state index >= 15 is 0 Å². The molecule has 12 heteroatoms. The maximum atomic E-state index is 13.5. The first-order chi connectivity index (χ1) is 22.5. The average Bonchev–Trinajstić information content (AvgIpc) is 3.53. The summed E-state index contributed by atoms with van der Waals surface area (Å²) in [5, 5.41) is 16.0. The Morgan fingerprint density at radius 3 is 2.57 bits per heavy atom. The Bertz CT molecular complexity index is 1840. The highest BCUT2D eigenvalue weighted by Gasteiger charge is 2.39. The molecule has 3 aliphatic rings. The summed E-state index contributed by atoms with van der Waals surface area (Å²) in [6, 6.07) is 10.6. The van der Waals surface area contributed by atoms with E-state index < -0.39 is 58.1 Å². The number of aliphatic hydroxyl groups excluding tert-OH is 1. The Kier molecular flexibility index (Phi) is 9.43. The standard InChI is InChI=1S/C35H39FN4O6S/c1-21(29-13-12-28(17-23(29)9-8-22-6-7-22)47(45,46)27-4-2-3-5-27)38-35(44)32-18-26(41)20-40(32)33(42)19-37-34(43)31-14-10-24-16-25(36)11-15-30(24)39-31/h8-17,21-22,26-27,32,41H,2-7,18-20H2,1H3,(H,37,43)(H,38,44)/b9-8+/t21-,26-,32+/m1/s1. The summed E-state index contributed by atoms with van der Waals surface area (Å²) in [6.45, 7) is 1.32. The highest BCUT2D eigenvalue weighted by Crippen LogP contribution is 2.34. The zero-order valence-electron chi connectivity index (χ0n) is 26.2. The first-order valence-electron chi connectivity index (χ1n) is 16.2. The summed E-state index contributed by atoms with van der Waals surface area (Å²) in [5.74, 6) is -1.57. The molecule has 2 saturated carbocycles. The molecule has 2 heterocycles. The fraction of sp³-hybridized carbons (Fsp3) is 0.429. The fourth-order valence-corrected chi connectivity index (χ4v) is 8.37. The van der Waals surface area contributed by atoms with E-state index in [1.807, 2.05) is 6.08 Å². The van der Waals surface area contributed by atoms with Gasteiger partial charge < -0.3 is 20.6 Å². The van der Waals surface area contributed by atoms with Gasteiger partial charge in [-0.25, -0.2) is 17.8 Å². The van der Waals surface area contributed by atoms with Gasteiger partial charge in [0.15, 0.2) is 9.84 Å². The third kappa shape index (κ3) is 7.38. The minimum absolute atomic E-state index is 0.0358. The van der Waals surface area contributed by atoms with Gasteiger partial charge in [0.25, 0.3) is 5.91 Å². The van der Waals surface area contributed by atoms with Crippen molar-refractivity contribution in [2.45, 2.75) is 80.2 Å². The lowest BCUT2D eigenvalue weighted by Gasteiger charge is -2.26. The molecule has 2 aliphatic carbocycles. The van der Waals surface area contributed by atoms with E-state index in [1.54, 1.807) is 31.2 Å². The van der Waals surface area contributed by atoms with Gasteiger partial charge in [0.1, 0.15) is 17.6 Å². The summed E-state index contributed by atoms with van der Waals surface area (Å²) in [5.41, 5.74) is 1.94. The van der Waals surface area contributed by atoms with Crippen molar-refractivity contribution in [2.75, 3.05) is 13.1 Å². The van der Waals surface area contributed by atoms with Crippen molar-refractivity contribution < 1.29 is 32.3 Å². The molecule has 3 N–H and O–H groups in total. The van der Waals surface area contributed by atoms with Gasteiger partial charge in [-0.2, -0.15) is 0 Å². The second-order valence-electron chi connectivity index (χ2n) is 12.8. The van der Waals surface area contributed by atoms with Crippen molar-refractivity contribution >= 4 is 44.5 Å². The Morgan fingerprint density at radius 1 is 1.06 bits per heavy atom. The molecule has 3 fully saturated rings. The van der Waals surface area contributed by atoms with E-state index in [-0.39, 0.29) is 28.8 Å². The number of nitrogens with zero attached hydrogens (tertiary/aromatic N) is 2. The normalized spacial score (nSPS) is 21.0. The van der Waals surface area contributed by atoms with E-state index in [4.69, 9.17) is 0 Å². The Hall–Kier alpha value is -4.16. The van der Waals surface area contributed by atoms with Gasteiger partial charge in [-0.05, 0) is 86.1 Å². The zero-order valence-corrected chi connectivity index (χ0v) is 27.0. The quantitative estimate of drug-likeness (QED) is 0.297. The van der Waals surface area contributed by atoms with Gasteiger partial charge in [-0.15, -0.1) is 0 Å². The first-order valence-corrected chi connectivity index (χ1v) is 17.7. The number of nitrogens with one attached hydrogen (secondary N) is 2. The van der Waals surface area contributed by atoms with Crippen LogP contribution in [0.5, 0.6) is 0 Å². The number of sulfone groups is 1. The Morgan fingerprint density at radius 2 is 1.83 bits per heavy atom. The molecular formula is C35H39FN4O6S. The summed E-state index contributed by atoms with van der Waals surface area (Å²) < 4.78 is 40.2. The number of aromatic nitrogens is 1. The maximum Gasteiger partial charge on any atom is 0.270 e. The van der Waals surface area contributed by atoms with Crippen LogP contribution in [0.4, 0.5) is 4.39 Å². The second-order valence-corrected chi connectivity index (χ2v) is 15.1. The van der Waals surface area contributed by atoms with Crippen LogP contribution in [-0.4, -0.2) is 71.6 Å². The molecule has 3 atom stereocenters. The van der Waals surface area contributed by atoms with E-state index in [0.29, 0.717) is 29.7 Å². The van der Waals surface area contributed by atoms with Gasteiger partial charge in [0.2, 0.25) is 11.8 Å². The third-order valence-electron chi connectivity index (χ3n) is 9.31. The number of aliphatic hydroxyl groups is 1. The number of carbonyl (C=O) groups is 3. The van der Waals surface area contributed by atoms with Gasteiger partial charge in [0, 0.05) is 18.4 Å². The summed E-state index contributed by atoms with van der Waals surface area (Å²) in [6.07, 6.45) is 8.46. The van der Waals surface area contributed by atoms with Gasteiger partial charge in [0.05, 0.1) is 34.4 Å². The first kappa shape index (κ1) is 32.8. The molecule has 0 radical (unpaired) electrons. The predicted molar refractivity (Wildman–Crippen MR) is 174 cm³/mol. The van der Waals surface area contributed by atoms with Crippen molar-refractivity contribution in [3.63, 3.8) is 0 Å². The third-order valence-corrected chi connectivity index (χ3v) is 11.6. The lowest BCUT2D eigenvalue weighted by Crippen LogP contribution is -2.49. The molecule has 47 heavy (non-hydrogen) atoms. The molecular weight excluding hydrogens is 623 g/mol. The molecule has 2 aromatic carbocycles. The number of rotatable bonds is 10. The van der Waals surface area contributed by atoms with E-state index in [2.05, 4.69) is 21.7 Å². The van der Waals surface area contributed by atoms with Crippen molar-refractivity contribution in [1.82, 2.24) is 20.5 Å². The van der Waals surface area contributed by atoms with E-state index in [1.165, 1.54) is 29.2 Å². The zero-order chi connectivity index (χ0) is 33.3. The topological polar surface area (TPSA) is 146 Å². The van der Waals surface area contributed by atoms with Crippen molar-refractivity contribution in [2.24, 2.45) is 5.92 Å². The van der Waals surface area contributed by atoms with Gasteiger partial charge in [-0.3, -0.25) is 14.4 Å². The molecule has 0 spiro atoms. The molecule has 3 amide bonds. The summed E-state index contributed by atoms with van der Waals surface area (Å²) in [4.78, 5) is 45.3. The van der Waals surface area contributed by atoms with Crippen molar-refractivity contribution in [3.8, 4) is 0 Å². The number of likely N-dealkylation sites (tertiary alicyclic amines) is 1. The van der Waals surface area contributed by atoms with Crippen LogP contribution in [0, 0.1) is 11.7 Å². The molecule has 0 unspecified atom stereocenters. The number of halogens is 1. The van der Waals surface area contributed by atoms with Crippen LogP contribution in [0.3, 0.4) is 0 Å². The molecule has 10 nitrogen and oxygen atoms in total. The van der Waals surface area contributed by atoms with Crippen LogP contribution in [0.1, 0.15) is 79.5 Å². The number of β-amino-alcohol motifs (C(OH)–C–C–N with tert-alkyl or cyclic N) is 1. The van der Waals surface area contributed by atoms with Crippen LogP contribution in [-0.2, 0) is 19.4 Å². The highest BCUT2D eigenvalue weighted by molar-refractivity contribution is 7.92. The van der Waals surface area contributed by atoms with Crippen LogP contribution in [0.2, 0.25) is 0 Å². The number of carbonyl (C=O) groups excluding carboxylic acids is 3. The molecule has 248 valence electrons. The Labute approximate surface area is 273 Å². The minimum atomic E-state index is -3.47.